The van der Waals surface area contributed by atoms with Crippen molar-refractivity contribution in [2.24, 2.45) is 0 Å². The average molecular weight is 660 g/mol. The van der Waals surface area contributed by atoms with E-state index in [4.69, 9.17) is 0 Å². The van der Waals surface area contributed by atoms with Gasteiger partial charge in [-0.1, -0.05) is 25.5 Å². The Bertz CT molecular complexity index is 1400. The zero-order valence-electron chi connectivity index (χ0n) is 22.6. The van der Waals surface area contributed by atoms with Gasteiger partial charge < -0.3 is 10.1 Å². The first-order valence-corrected chi connectivity index (χ1v) is 15.1. The Morgan fingerprint density at radius 3 is 2.25 bits per heavy atom. The van der Waals surface area contributed by atoms with Crippen LogP contribution in [0, 0.1) is 11.5 Å². The second-order valence-corrected chi connectivity index (χ2v) is 12.9. The molecule has 3 atom stereocenters. The Morgan fingerprint density at radius 2 is 1.73 bits per heavy atom. The topological polar surface area (TPSA) is 98.6 Å². The Balaban J connectivity index is 1.79. The number of hydrogen-bond donors (Lipinski definition) is 1. The number of alkyl halides is 4. The standard InChI is InChI=1S/C26H26F9N5O3S/c27-25(28)43-19-12-21(39(14-19)15-36)24(42)40(18-3-5-20(6-4-18)44(31,32,33,34)35)22(16-2-1-11-37-13-16)23(41)38-17-7-9-26(29,30)10-8-17/h1-6,11,13,17,19,21-22,25H,7-10,12,14H2,(H,38,41)/t19-,21+,22?/m0/s1. The predicted octanol–water partition coefficient (Wildman–Crippen LogP) is 6.67. The smallest absolute Gasteiger partial charge is 0.345 e. The first-order valence-electron chi connectivity index (χ1n) is 13.1. The van der Waals surface area contributed by atoms with Crippen LogP contribution in [0.3, 0.4) is 0 Å². The Labute approximate surface area is 245 Å². The van der Waals surface area contributed by atoms with Gasteiger partial charge in [-0.2, -0.15) is 14.0 Å². The largest absolute Gasteiger partial charge is 0.351 e. The van der Waals surface area contributed by atoms with Crippen molar-refractivity contribution in [3.63, 3.8) is 0 Å². The number of aromatic nitrogens is 1. The number of nitrogens with zero attached hydrogens (tertiary/aromatic N) is 4. The third kappa shape index (κ3) is 7.86. The molecule has 4 rings (SSSR count). The van der Waals surface area contributed by atoms with Crippen molar-refractivity contribution in [1.82, 2.24) is 15.2 Å². The van der Waals surface area contributed by atoms with E-state index in [-0.39, 0.29) is 30.5 Å². The minimum Gasteiger partial charge on any atom is -0.351 e. The number of ether oxygens (including phenoxy) is 1. The number of halogens is 9. The number of nitriles is 1. The van der Waals surface area contributed by atoms with Gasteiger partial charge in [0.2, 0.25) is 11.8 Å². The van der Waals surface area contributed by atoms with Crippen LogP contribution in [-0.4, -0.2) is 59.0 Å². The van der Waals surface area contributed by atoms with Crippen LogP contribution in [0.4, 0.5) is 42.7 Å². The minimum atomic E-state index is -10.2. The summed E-state index contributed by atoms with van der Waals surface area (Å²) in [6.07, 6.45) is 0.931. The summed E-state index contributed by atoms with van der Waals surface area (Å²) in [7, 11) is -10.2. The molecule has 2 aliphatic rings. The second-order valence-electron chi connectivity index (χ2n) is 10.5. The van der Waals surface area contributed by atoms with Crippen LogP contribution in [0.2, 0.25) is 0 Å². The van der Waals surface area contributed by atoms with Gasteiger partial charge in [-0.15, -0.1) is 0 Å². The third-order valence-electron chi connectivity index (χ3n) is 7.34. The molecule has 8 nitrogen and oxygen atoms in total. The highest BCUT2D eigenvalue weighted by atomic mass is 32.5. The molecule has 18 heteroatoms. The lowest BCUT2D eigenvalue weighted by atomic mass is 9.91. The molecule has 1 aromatic heterocycles. The third-order valence-corrected chi connectivity index (χ3v) is 8.50. The van der Waals surface area contributed by atoms with E-state index in [1.807, 2.05) is 0 Å². The molecule has 1 saturated heterocycles. The van der Waals surface area contributed by atoms with E-state index in [1.165, 1.54) is 18.3 Å². The van der Waals surface area contributed by atoms with Gasteiger partial charge in [0.15, 0.2) is 6.19 Å². The van der Waals surface area contributed by atoms with E-state index in [0.29, 0.717) is 17.0 Å². The number of hydrogen-bond acceptors (Lipinski definition) is 6. The maximum Gasteiger partial charge on any atom is 0.345 e. The highest BCUT2D eigenvalue weighted by Crippen LogP contribution is 3.02. The molecule has 1 aliphatic carbocycles. The molecular formula is C26H26F9N5O3S. The number of carbonyl (C=O) groups is 2. The lowest BCUT2D eigenvalue weighted by molar-refractivity contribution is -0.158. The summed E-state index contributed by atoms with van der Waals surface area (Å²) in [6.45, 7) is -3.73. The van der Waals surface area contributed by atoms with Gasteiger partial charge in [0.25, 0.3) is 5.91 Å². The number of nitrogens with one attached hydrogen (secondary N) is 1. The van der Waals surface area contributed by atoms with E-state index in [1.54, 1.807) is 6.19 Å². The summed E-state index contributed by atoms with van der Waals surface area (Å²) in [5, 5.41) is 12.2. The molecule has 242 valence electrons. The summed E-state index contributed by atoms with van der Waals surface area (Å²) < 4.78 is 125. The molecule has 2 fully saturated rings. The number of pyridine rings is 1. The Morgan fingerprint density at radius 1 is 1.09 bits per heavy atom. The molecule has 2 amide bonds. The number of benzene rings is 1. The van der Waals surface area contributed by atoms with E-state index in [0.717, 1.165) is 11.1 Å². The SMILES string of the molecule is N#CN1C[C@@H](OC(F)F)C[C@@H]1C(=O)N(c1ccc(S(F)(F)(F)(F)F)cc1)C(C(=O)NC1CCC(F)(F)CC1)c1cccnc1. The fraction of sp³-hybridized carbons (Fsp3) is 0.462. The second kappa shape index (κ2) is 11.3. The van der Waals surface area contributed by atoms with Crippen molar-refractivity contribution in [3.8, 4) is 6.19 Å². The van der Waals surface area contributed by atoms with Crippen molar-refractivity contribution < 1.29 is 51.3 Å². The Kier molecular flexibility index (Phi) is 8.54. The quantitative estimate of drug-likeness (QED) is 0.239. The van der Waals surface area contributed by atoms with Gasteiger partial charge in [-0.3, -0.25) is 24.4 Å². The van der Waals surface area contributed by atoms with Crippen LogP contribution >= 0.6 is 10.2 Å². The molecule has 1 aliphatic heterocycles. The molecule has 0 bridgehead atoms. The van der Waals surface area contributed by atoms with Gasteiger partial charge in [-0.05, 0) is 43.2 Å². The summed E-state index contributed by atoms with van der Waals surface area (Å²) in [4.78, 5) is 30.9. The van der Waals surface area contributed by atoms with Crippen LogP contribution < -0.4 is 10.2 Å². The maximum atomic E-state index is 14.1. The van der Waals surface area contributed by atoms with Crippen molar-refractivity contribution in [3.05, 3.63) is 54.4 Å². The molecule has 1 aromatic carbocycles. The molecule has 0 radical (unpaired) electrons. The fourth-order valence-electron chi connectivity index (χ4n) is 5.23. The molecule has 1 N–H and O–H groups in total. The van der Waals surface area contributed by atoms with E-state index in [9.17, 15) is 51.8 Å². The van der Waals surface area contributed by atoms with Gasteiger partial charge in [-0.25, -0.2) is 8.78 Å². The molecular weight excluding hydrogens is 633 g/mol. The first kappa shape index (κ1) is 33.2. The number of carbonyl (C=O) groups excluding carboxylic acids is 2. The summed E-state index contributed by atoms with van der Waals surface area (Å²) in [6, 6.07) is -0.298. The molecule has 2 heterocycles. The first-order chi connectivity index (χ1) is 20.3. The van der Waals surface area contributed by atoms with Crippen LogP contribution in [0.1, 0.15) is 43.7 Å². The van der Waals surface area contributed by atoms with E-state index < -0.39 is 95.2 Å². The van der Waals surface area contributed by atoms with Gasteiger partial charge >= 0.3 is 16.8 Å². The van der Waals surface area contributed by atoms with Crippen molar-refractivity contribution in [2.45, 2.75) is 73.8 Å². The summed E-state index contributed by atoms with van der Waals surface area (Å²) in [5.74, 6) is -5.05. The molecule has 0 spiro atoms. The van der Waals surface area contributed by atoms with Gasteiger partial charge in [0.1, 0.15) is 17.0 Å². The van der Waals surface area contributed by atoms with Gasteiger partial charge in [0.05, 0.1) is 12.6 Å². The molecule has 2 aromatic rings. The monoisotopic (exact) mass is 659 g/mol. The zero-order valence-corrected chi connectivity index (χ0v) is 23.4. The summed E-state index contributed by atoms with van der Waals surface area (Å²) >= 11 is 0. The van der Waals surface area contributed by atoms with Crippen LogP contribution in [0.25, 0.3) is 0 Å². The van der Waals surface area contributed by atoms with E-state index in [2.05, 4.69) is 15.0 Å². The maximum absolute atomic E-state index is 14.1. The number of rotatable bonds is 9. The van der Waals surface area contributed by atoms with Crippen molar-refractivity contribution in [2.75, 3.05) is 11.4 Å². The van der Waals surface area contributed by atoms with Gasteiger partial charge in [0, 0.05) is 48.9 Å². The van der Waals surface area contributed by atoms with E-state index >= 15 is 0 Å². The fourth-order valence-corrected chi connectivity index (χ4v) is 5.88. The lowest BCUT2D eigenvalue weighted by Crippen LogP contribution is -2.52. The zero-order chi connectivity index (χ0) is 32.6. The summed E-state index contributed by atoms with van der Waals surface area (Å²) in [5.41, 5.74) is -0.505. The normalized spacial score (nSPS) is 22.9. The number of anilines is 1. The highest BCUT2D eigenvalue weighted by molar-refractivity contribution is 8.45. The molecule has 1 saturated carbocycles. The van der Waals surface area contributed by atoms with Crippen LogP contribution in [-0.2, 0) is 14.3 Å². The highest BCUT2D eigenvalue weighted by Gasteiger charge is 2.65. The van der Waals surface area contributed by atoms with Crippen LogP contribution in [0.5, 0.6) is 0 Å². The number of likely N-dealkylation sites (tertiary alicyclic amines) is 1. The molecule has 44 heavy (non-hydrogen) atoms. The Hall–Kier alpha value is -3.72. The minimum absolute atomic E-state index is 0.0156. The number of amides is 2. The van der Waals surface area contributed by atoms with Crippen molar-refractivity contribution >= 4 is 27.7 Å². The van der Waals surface area contributed by atoms with Crippen molar-refractivity contribution in [1.29, 1.82) is 5.26 Å². The predicted molar refractivity (Wildman–Crippen MR) is 139 cm³/mol. The molecule has 1 unspecified atom stereocenters. The lowest BCUT2D eigenvalue weighted by Gasteiger charge is -2.41. The van der Waals surface area contributed by atoms with Crippen LogP contribution in [0.15, 0.2) is 53.7 Å². The average Bonchev–Trinajstić information content (AvgIpc) is 3.34.